The number of likely N-dealkylation sites (tertiary alicyclic amines) is 1. The third-order valence-electron chi connectivity index (χ3n) is 5.18. The van der Waals surface area contributed by atoms with E-state index in [1.807, 2.05) is 6.07 Å². The zero-order valence-electron chi connectivity index (χ0n) is 13.9. The molecule has 1 saturated heterocycles. The molecule has 0 bridgehead atoms. The van der Waals surface area contributed by atoms with E-state index in [1.165, 1.54) is 15.8 Å². The van der Waals surface area contributed by atoms with Gasteiger partial charge in [0.05, 0.1) is 0 Å². The molecule has 0 unspecified atom stereocenters. The van der Waals surface area contributed by atoms with Crippen LogP contribution < -0.4 is 0 Å². The summed E-state index contributed by atoms with van der Waals surface area (Å²) in [5.41, 5.74) is 2.58. The fourth-order valence-electron chi connectivity index (χ4n) is 4.03. The van der Waals surface area contributed by atoms with Crippen molar-refractivity contribution in [2.45, 2.75) is 25.8 Å². The van der Waals surface area contributed by atoms with Crippen LogP contribution in [-0.2, 0) is 6.54 Å². The summed E-state index contributed by atoms with van der Waals surface area (Å²) in [4.78, 5) is 2.53. The standard InChI is InChI=1S/C21H22FNS/c1-15-13-23(14-16-5-3-2-4-6-16)9-7-19(15)20-12-18(22)11-17-8-10-24-21(17)20/h2-6,8,10-12,15,19H,7,9,13-14H2,1H3/t15-,19+/m1/s1. The van der Waals surface area contributed by atoms with Crippen molar-refractivity contribution >= 4 is 21.4 Å². The van der Waals surface area contributed by atoms with Gasteiger partial charge in [-0.05, 0) is 64.9 Å². The zero-order valence-corrected chi connectivity index (χ0v) is 14.7. The molecule has 0 radical (unpaired) electrons. The van der Waals surface area contributed by atoms with Crippen molar-refractivity contribution in [3.8, 4) is 0 Å². The van der Waals surface area contributed by atoms with E-state index in [2.05, 4.69) is 47.5 Å². The van der Waals surface area contributed by atoms with E-state index in [9.17, 15) is 4.39 Å². The first-order chi connectivity index (χ1) is 11.7. The molecule has 4 rings (SSSR count). The van der Waals surface area contributed by atoms with Gasteiger partial charge in [-0.2, -0.15) is 0 Å². The normalized spacial score (nSPS) is 22.1. The third-order valence-corrected chi connectivity index (χ3v) is 6.16. The molecule has 24 heavy (non-hydrogen) atoms. The van der Waals surface area contributed by atoms with Crippen LogP contribution in [0.25, 0.3) is 10.1 Å². The Balaban J connectivity index is 1.53. The highest BCUT2D eigenvalue weighted by Crippen LogP contribution is 2.39. The second kappa shape index (κ2) is 6.66. The van der Waals surface area contributed by atoms with Gasteiger partial charge in [0.25, 0.3) is 0 Å². The molecule has 1 nitrogen and oxygen atoms in total. The number of thiophene rings is 1. The number of nitrogens with zero attached hydrogens (tertiary/aromatic N) is 1. The third kappa shape index (κ3) is 3.11. The predicted molar refractivity (Wildman–Crippen MR) is 100 cm³/mol. The van der Waals surface area contributed by atoms with E-state index in [-0.39, 0.29) is 5.82 Å². The molecule has 2 aromatic carbocycles. The van der Waals surface area contributed by atoms with E-state index < -0.39 is 0 Å². The fourth-order valence-corrected chi connectivity index (χ4v) is 4.99. The summed E-state index contributed by atoms with van der Waals surface area (Å²) >= 11 is 1.74. The first kappa shape index (κ1) is 15.8. The van der Waals surface area contributed by atoms with Crippen LogP contribution in [0.4, 0.5) is 4.39 Å². The number of rotatable bonds is 3. The van der Waals surface area contributed by atoms with Crippen molar-refractivity contribution < 1.29 is 4.39 Å². The molecule has 1 aromatic heterocycles. The second-order valence-electron chi connectivity index (χ2n) is 6.93. The van der Waals surface area contributed by atoms with Crippen molar-refractivity contribution in [3.63, 3.8) is 0 Å². The molecule has 2 heterocycles. The molecule has 1 fully saturated rings. The summed E-state index contributed by atoms with van der Waals surface area (Å²) in [7, 11) is 0. The maximum Gasteiger partial charge on any atom is 0.124 e. The van der Waals surface area contributed by atoms with Gasteiger partial charge in [0.1, 0.15) is 5.82 Å². The molecular weight excluding hydrogens is 317 g/mol. The maximum atomic E-state index is 14.0. The number of hydrogen-bond acceptors (Lipinski definition) is 2. The highest BCUT2D eigenvalue weighted by Gasteiger charge is 2.29. The Morgan fingerprint density at radius 2 is 2.00 bits per heavy atom. The van der Waals surface area contributed by atoms with Gasteiger partial charge in [0.15, 0.2) is 0 Å². The summed E-state index contributed by atoms with van der Waals surface area (Å²) in [6.07, 6.45) is 1.10. The summed E-state index contributed by atoms with van der Waals surface area (Å²) in [5, 5.41) is 3.12. The Labute approximate surface area is 146 Å². The number of piperidine rings is 1. The van der Waals surface area contributed by atoms with Gasteiger partial charge < -0.3 is 0 Å². The average molecular weight is 339 g/mol. The van der Waals surface area contributed by atoms with Crippen LogP contribution in [0, 0.1) is 11.7 Å². The first-order valence-corrected chi connectivity index (χ1v) is 9.51. The van der Waals surface area contributed by atoms with Crippen LogP contribution in [0.1, 0.15) is 30.4 Å². The molecule has 2 atom stereocenters. The van der Waals surface area contributed by atoms with E-state index in [4.69, 9.17) is 0 Å². The van der Waals surface area contributed by atoms with Gasteiger partial charge in [0, 0.05) is 17.8 Å². The van der Waals surface area contributed by atoms with E-state index in [1.54, 1.807) is 23.5 Å². The minimum Gasteiger partial charge on any atom is -0.299 e. The zero-order chi connectivity index (χ0) is 16.5. The predicted octanol–water partition coefficient (Wildman–Crippen LogP) is 5.67. The van der Waals surface area contributed by atoms with Crippen LogP contribution in [0.2, 0.25) is 0 Å². The van der Waals surface area contributed by atoms with Gasteiger partial charge in [-0.3, -0.25) is 4.90 Å². The second-order valence-corrected chi connectivity index (χ2v) is 7.84. The van der Waals surface area contributed by atoms with E-state index in [0.29, 0.717) is 11.8 Å². The molecule has 1 aliphatic rings. The SMILES string of the molecule is C[C@@H]1CN(Cc2ccccc2)CC[C@@H]1c1cc(F)cc2ccsc12. The van der Waals surface area contributed by atoms with Crippen molar-refractivity contribution in [3.05, 3.63) is 70.9 Å². The Morgan fingerprint density at radius 3 is 2.79 bits per heavy atom. The summed E-state index contributed by atoms with van der Waals surface area (Å²) in [6.45, 7) is 5.47. The van der Waals surface area contributed by atoms with Crippen LogP contribution >= 0.6 is 11.3 Å². The number of fused-ring (bicyclic) bond motifs is 1. The largest absolute Gasteiger partial charge is 0.299 e. The van der Waals surface area contributed by atoms with Gasteiger partial charge in [-0.15, -0.1) is 11.3 Å². The molecule has 1 aliphatic heterocycles. The molecule has 0 amide bonds. The molecule has 124 valence electrons. The molecule has 3 aromatic rings. The molecule has 0 N–H and O–H groups in total. The van der Waals surface area contributed by atoms with Crippen LogP contribution in [0.3, 0.4) is 0 Å². The number of hydrogen-bond donors (Lipinski definition) is 0. The lowest BCUT2D eigenvalue weighted by atomic mass is 9.81. The van der Waals surface area contributed by atoms with Crippen molar-refractivity contribution in [1.29, 1.82) is 0 Å². The first-order valence-electron chi connectivity index (χ1n) is 8.63. The number of halogens is 1. The lowest BCUT2D eigenvalue weighted by molar-refractivity contribution is 0.156. The van der Waals surface area contributed by atoms with Gasteiger partial charge in [-0.1, -0.05) is 37.3 Å². The Morgan fingerprint density at radius 1 is 1.17 bits per heavy atom. The summed E-state index contributed by atoms with van der Waals surface area (Å²) < 4.78 is 15.3. The average Bonchev–Trinajstić information content (AvgIpc) is 3.03. The lowest BCUT2D eigenvalue weighted by Gasteiger charge is -2.37. The van der Waals surface area contributed by atoms with E-state index in [0.717, 1.165) is 31.4 Å². The molecule has 0 saturated carbocycles. The van der Waals surface area contributed by atoms with Crippen LogP contribution in [-0.4, -0.2) is 18.0 Å². The molecular formula is C21H22FNS. The van der Waals surface area contributed by atoms with Crippen molar-refractivity contribution in [2.75, 3.05) is 13.1 Å². The van der Waals surface area contributed by atoms with Crippen LogP contribution in [0.5, 0.6) is 0 Å². The topological polar surface area (TPSA) is 3.24 Å². The fraction of sp³-hybridized carbons (Fsp3) is 0.333. The van der Waals surface area contributed by atoms with Crippen LogP contribution in [0.15, 0.2) is 53.9 Å². The minimum atomic E-state index is -0.102. The smallest absolute Gasteiger partial charge is 0.124 e. The van der Waals surface area contributed by atoms with E-state index >= 15 is 0 Å². The molecule has 3 heteroatoms. The Hall–Kier alpha value is -1.71. The maximum absolute atomic E-state index is 14.0. The summed E-state index contributed by atoms with van der Waals surface area (Å²) in [5.74, 6) is 0.887. The molecule has 0 spiro atoms. The Kier molecular flexibility index (Phi) is 4.38. The quantitative estimate of drug-likeness (QED) is 0.594. The number of benzene rings is 2. The Bertz CT molecular complexity index is 826. The van der Waals surface area contributed by atoms with Gasteiger partial charge in [0.2, 0.25) is 0 Å². The van der Waals surface area contributed by atoms with Gasteiger partial charge in [-0.25, -0.2) is 4.39 Å². The minimum absolute atomic E-state index is 0.102. The van der Waals surface area contributed by atoms with Crippen molar-refractivity contribution in [1.82, 2.24) is 4.90 Å². The highest BCUT2D eigenvalue weighted by atomic mass is 32.1. The molecule has 0 aliphatic carbocycles. The summed E-state index contributed by atoms with van der Waals surface area (Å²) in [6, 6.07) is 16.1. The lowest BCUT2D eigenvalue weighted by Crippen LogP contribution is -2.37. The highest BCUT2D eigenvalue weighted by molar-refractivity contribution is 7.17. The monoisotopic (exact) mass is 339 g/mol. The van der Waals surface area contributed by atoms with Gasteiger partial charge >= 0.3 is 0 Å². The van der Waals surface area contributed by atoms with Crippen molar-refractivity contribution in [2.24, 2.45) is 5.92 Å².